The van der Waals surface area contributed by atoms with Crippen molar-refractivity contribution in [2.24, 2.45) is 5.92 Å². The number of anilines is 1. The summed E-state index contributed by atoms with van der Waals surface area (Å²) >= 11 is 12.2. The molecule has 24 heavy (non-hydrogen) atoms. The molecule has 1 aliphatic carbocycles. The van der Waals surface area contributed by atoms with Gasteiger partial charge in [0.1, 0.15) is 0 Å². The zero-order valence-electron chi connectivity index (χ0n) is 13.4. The Balaban J connectivity index is 1.69. The third kappa shape index (κ3) is 4.10. The quantitative estimate of drug-likeness (QED) is 0.753. The van der Waals surface area contributed by atoms with Crippen LogP contribution in [0.2, 0.25) is 10.0 Å². The van der Waals surface area contributed by atoms with Gasteiger partial charge in [0.2, 0.25) is 5.91 Å². The molecular weight excluding hydrogens is 343 g/mol. The molecule has 1 aliphatic rings. The van der Waals surface area contributed by atoms with Crippen LogP contribution in [0.1, 0.15) is 31.4 Å². The van der Waals surface area contributed by atoms with Crippen LogP contribution in [0.25, 0.3) is 0 Å². The fourth-order valence-corrected chi connectivity index (χ4v) is 3.28. The Bertz CT molecular complexity index is 696. The van der Waals surface area contributed by atoms with E-state index in [1.807, 2.05) is 25.1 Å². The van der Waals surface area contributed by atoms with E-state index in [2.05, 4.69) is 22.8 Å². The molecular formula is C19H20Cl2N2O. The van der Waals surface area contributed by atoms with Crippen LogP contribution in [0.4, 0.5) is 5.69 Å². The van der Waals surface area contributed by atoms with Crippen LogP contribution >= 0.6 is 23.2 Å². The van der Waals surface area contributed by atoms with Crippen molar-refractivity contribution in [2.75, 3.05) is 5.32 Å². The van der Waals surface area contributed by atoms with Crippen molar-refractivity contribution in [3.63, 3.8) is 0 Å². The van der Waals surface area contributed by atoms with E-state index in [0.717, 1.165) is 0 Å². The van der Waals surface area contributed by atoms with Crippen molar-refractivity contribution in [3.05, 3.63) is 64.1 Å². The molecule has 3 nitrogen and oxygen atoms in total. The molecule has 0 spiro atoms. The molecule has 1 fully saturated rings. The zero-order valence-corrected chi connectivity index (χ0v) is 14.9. The standard InChI is InChI=1S/C19H20Cl2N2O/c1-12(19(24)23-18-15(20)8-5-9-16(18)21)22-17(14-10-11-14)13-6-3-2-4-7-13/h2-9,12,14,17,22H,10-11H2,1H3,(H,23,24)/t12-,17+/m1/s1. The highest BCUT2D eigenvalue weighted by molar-refractivity contribution is 6.39. The first-order valence-corrected chi connectivity index (χ1v) is 8.87. The minimum atomic E-state index is -0.358. The van der Waals surface area contributed by atoms with E-state index >= 15 is 0 Å². The summed E-state index contributed by atoms with van der Waals surface area (Å²) in [5.74, 6) is 0.443. The molecule has 126 valence electrons. The van der Waals surface area contributed by atoms with E-state index in [1.165, 1.54) is 18.4 Å². The summed E-state index contributed by atoms with van der Waals surface area (Å²) in [6, 6.07) is 15.3. The predicted molar refractivity (Wildman–Crippen MR) is 99.6 cm³/mol. The van der Waals surface area contributed by atoms with Gasteiger partial charge in [0.25, 0.3) is 0 Å². The van der Waals surface area contributed by atoms with Crippen molar-refractivity contribution in [3.8, 4) is 0 Å². The number of carbonyl (C=O) groups is 1. The average Bonchev–Trinajstić information content (AvgIpc) is 3.41. The lowest BCUT2D eigenvalue weighted by Crippen LogP contribution is -2.41. The number of nitrogens with one attached hydrogen (secondary N) is 2. The Labute approximate surface area is 152 Å². The van der Waals surface area contributed by atoms with Crippen LogP contribution in [0.3, 0.4) is 0 Å². The van der Waals surface area contributed by atoms with Gasteiger partial charge in [-0.3, -0.25) is 10.1 Å². The molecule has 0 heterocycles. The van der Waals surface area contributed by atoms with Crippen molar-refractivity contribution >= 4 is 34.8 Å². The third-order valence-electron chi connectivity index (χ3n) is 4.29. The molecule has 0 unspecified atom stereocenters. The highest BCUT2D eigenvalue weighted by Gasteiger charge is 2.34. The summed E-state index contributed by atoms with van der Waals surface area (Å²) in [6.45, 7) is 1.86. The van der Waals surface area contributed by atoms with E-state index in [-0.39, 0.29) is 18.0 Å². The Hall–Kier alpha value is -1.55. The van der Waals surface area contributed by atoms with Crippen LogP contribution in [-0.4, -0.2) is 11.9 Å². The molecule has 2 aromatic carbocycles. The van der Waals surface area contributed by atoms with Crippen molar-refractivity contribution in [1.29, 1.82) is 0 Å². The smallest absolute Gasteiger partial charge is 0.241 e. The second-order valence-corrected chi connectivity index (χ2v) is 7.01. The second kappa shape index (κ2) is 7.56. The Morgan fingerprint density at radius 3 is 2.25 bits per heavy atom. The van der Waals surface area contributed by atoms with Gasteiger partial charge in [0.05, 0.1) is 21.8 Å². The van der Waals surface area contributed by atoms with Crippen molar-refractivity contribution in [2.45, 2.75) is 31.8 Å². The van der Waals surface area contributed by atoms with Gasteiger partial charge in [-0.2, -0.15) is 0 Å². The molecule has 2 N–H and O–H groups in total. The Morgan fingerprint density at radius 2 is 1.67 bits per heavy atom. The molecule has 3 rings (SSSR count). The lowest BCUT2D eigenvalue weighted by Gasteiger charge is -2.23. The minimum absolute atomic E-state index is 0.147. The first-order chi connectivity index (χ1) is 11.6. The topological polar surface area (TPSA) is 41.1 Å². The van der Waals surface area contributed by atoms with E-state index < -0.39 is 0 Å². The first-order valence-electron chi connectivity index (χ1n) is 8.12. The highest BCUT2D eigenvalue weighted by atomic mass is 35.5. The molecule has 0 aliphatic heterocycles. The summed E-state index contributed by atoms with van der Waals surface area (Å²) in [5.41, 5.74) is 1.68. The third-order valence-corrected chi connectivity index (χ3v) is 4.92. The molecule has 0 radical (unpaired) electrons. The first kappa shape index (κ1) is 17.3. The van der Waals surface area contributed by atoms with Gasteiger partial charge >= 0.3 is 0 Å². The maximum atomic E-state index is 12.5. The number of carbonyl (C=O) groups excluding carboxylic acids is 1. The molecule has 0 saturated heterocycles. The number of hydrogen-bond donors (Lipinski definition) is 2. The number of benzene rings is 2. The van der Waals surface area contributed by atoms with Gasteiger partial charge in [-0.25, -0.2) is 0 Å². The monoisotopic (exact) mass is 362 g/mol. The number of rotatable bonds is 6. The fourth-order valence-electron chi connectivity index (χ4n) is 2.79. The van der Waals surface area contributed by atoms with Gasteiger partial charge in [-0.05, 0) is 43.4 Å². The summed E-state index contributed by atoms with van der Waals surface area (Å²) < 4.78 is 0. The molecule has 5 heteroatoms. The van der Waals surface area contributed by atoms with Gasteiger partial charge in [0, 0.05) is 6.04 Å². The highest BCUT2D eigenvalue weighted by Crippen LogP contribution is 2.41. The maximum Gasteiger partial charge on any atom is 0.241 e. The van der Waals surface area contributed by atoms with Crippen LogP contribution in [0, 0.1) is 5.92 Å². The van der Waals surface area contributed by atoms with E-state index in [4.69, 9.17) is 23.2 Å². The lowest BCUT2D eigenvalue weighted by atomic mass is 10.0. The molecule has 1 saturated carbocycles. The van der Waals surface area contributed by atoms with E-state index in [0.29, 0.717) is 21.7 Å². The van der Waals surface area contributed by atoms with Gasteiger partial charge < -0.3 is 5.32 Å². The fraction of sp³-hybridized carbons (Fsp3) is 0.316. The lowest BCUT2D eigenvalue weighted by molar-refractivity contribution is -0.118. The van der Waals surface area contributed by atoms with Gasteiger partial charge in [-0.15, -0.1) is 0 Å². The SMILES string of the molecule is C[C@@H](N[C@@H](c1ccccc1)C1CC1)C(=O)Nc1c(Cl)cccc1Cl. The predicted octanol–water partition coefficient (Wildman–Crippen LogP) is 5.06. The number of hydrogen-bond acceptors (Lipinski definition) is 2. The van der Waals surface area contributed by atoms with Crippen LogP contribution < -0.4 is 10.6 Å². The summed E-state index contributed by atoms with van der Waals surface area (Å²) in [5, 5.41) is 7.16. The summed E-state index contributed by atoms with van der Waals surface area (Å²) in [6.07, 6.45) is 2.38. The Kier molecular flexibility index (Phi) is 5.44. The van der Waals surface area contributed by atoms with Gasteiger partial charge in [-0.1, -0.05) is 59.6 Å². The Morgan fingerprint density at radius 1 is 1.04 bits per heavy atom. The largest absolute Gasteiger partial charge is 0.322 e. The maximum absolute atomic E-state index is 12.5. The number of halogens is 2. The molecule has 2 aromatic rings. The zero-order chi connectivity index (χ0) is 17.1. The number of para-hydroxylation sites is 1. The van der Waals surface area contributed by atoms with Crippen LogP contribution in [-0.2, 0) is 4.79 Å². The minimum Gasteiger partial charge on any atom is -0.322 e. The van der Waals surface area contributed by atoms with E-state index in [1.54, 1.807) is 18.2 Å². The van der Waals surface area contributed by atoms with Crippen molar-refractivity contribution in [1.82, 2.24) is 5.32 Å². The van der Waals surface area contributed by atoms with E-state index in [9.17, 15) is 4.79 Å². The molecule has 2 atom stereocenters. The average molecular weight is 363 g/mol. The van der Waals surface area contributed by atoms with Gasteiger partial charge in [0.15, 0.2) is 0 Å². The molecule has 0 aromatic heterocycles. The van der Waals surface area contributed by atoms with Crippen molar-refractivity contribution < 1.29 is 4.79 Å². The summed E-state index contributed by atoms with van der Waals surface area (Å²) in [4.78, 5) is 12.5. The van der Waals surface area contributed by atoms with Crippen LogP contribution in [0.5, 0.6) is 0 Å². The van der Waals surface area contributed by atoms with Crippen LogP contribution in [0.15, 0.2) is 48.5 Å². The number of amides is 1. The second-order valence-electron chi connectivity index (χ2n) is 6.20. The molecule has 1 amide bonds. The molecule has 0 bridgehead atoms. The summed E-state index contributed by atoms with van der Waals surface area (Å²) in [7, 11) is 0. The normalized spacial score (nSPS) is 16.5.